The van der Waals surface area contributed by atoms with E-state index in [0.717, 1.165) is 0 Å². The van der Waals surface area contributed by atoms with E-state index in [4.69, 9.17) is 15.6 Å². The van der Waals surface area contributed by atoms with Crippen LogP contribution in [0.5, 0.6) is 0 Å². The maximum absolute atomic E-state index is 11.4. The number of amides is 2. The van der Waals surface area contributed by atoms with E-state index < -0.39 is 23.8 Å². The van der Waals surface area contributed by atoms with Gasteiger partial charge in [-0.2, -0.15) is 0 Å². The molecule has 0 bridgehead atoms. The number of hydrogen-bond acceptors (Lipinski definition) is 5. The molecule has 5 N–H and O–H groups in total. The van der Waals surface area contributed by atoms with Crippen LogP contribution in [0.25, 0.3) is 0 Å². The van der Waals surface area contributed by atoms with Gasteiger partial charge in [-0.25, -0.2) is 4.79 Å². The molecule has 8 heteroatoms. The third-order valence-corrected chi connectivity index (χ3v) is 2.08. The molecule has 0 heterocycles. The van der Waals surface area contributed by atoms with Gasteiger partial charge in [0.25, 0.3) is 0 Å². The fraction of sp³-hybridized carbons (Fsp3) is 0.700. The highest BCUT2D eigenvalue weighted by atomic mass is 16.5. The van der Waals surface area contributed by atoms with Crippen molar-refractivity contribution < 1.29 is 24.2 Å². The average Bonchev–Trinajstić information content (AvgIpc) is 2.29. The Hall–Kier alpha value is -1.67. The van der Waals surface area contributed by atoms with Crippen LogP contribution < -0.4 is 16.4 Å². The Morgan fingerprint density at radius 1 is 1.39 bits per heavy atom. The third kappa shape index (κ3) is 8.48. The molecule has 0 unspecified atom stereocenters. The number of carboxylic acids is 1. The van der Waals surface area contributed by atoms with Crippen LogP contribution in [0.1, 0.15) is 12.8 Å². The van der Waals surface area contributed by atoms with Crippen molar-refractivity contribution >= 4 is 17.8 Å². The SMILES string of the molecule is COCCNCC(=O)N[C@@H](CCC(N)=O)C(=O)O. The molecular formula is C10H19N3O5. The van der Waals surface area contributed by atoms with Crippen molar-refractivity contribution in [2.75, 3.05) is 26.8 Å². The summed E-state index contributed by atoms with van der Waals surface area (Å²) in [4.78, 5) is 32.7. The second kappa shape index (κ2) is 9.37. The zero-order valence-electron chi connectivity index (χ0n) is 10.3. The maximum atomic E-state index is 11.4. The van der Waals surface area contributed by atoms with E-state index in [9.17, 15) is 14.4 Å². The Bertz CT molecular complexity index is 295. The van der Waals surface area contributed by atoms with E-state index in [1.54, 1.807) is 0 Å². The van der Waals surface area contributed by atoms with Crippen molar-refractivity contribution in [3.63, 3.8) is 0 Å². The number of hydrogen-bond donors (Lipinski definition) is 4. The van der Waals surface area contributed by atoms with Gasteiger partial charge in [0.15, 0.2) is 0 Å². The molecule has 0 aliphatic heterocycles. The summed E-state index contributed by atoms with van der Waals surface area (Å²) in [6, 6.07) is -1.10. The number of methoxy groups -OCH3 is 1. The number of rotatable bonds is 10. The highest BCUT2D eigenvalue weighted by molar-refractivity contribution is 5.85. The minimum atomic E-state index is -1.19. The molecule has 104 valence electrons. The molecule has 1 atom stereocenters. The molecule has 0 radical (unpaired) electrons. The molecular weight excluding hydrogens is 242 g/mol. The minimum absolute atomic E-state index is 0.0102. The van der Waals surface area contributed by atoms with Crippen LogP contribution in [-0.2, 0) is 19.1 Å². The van der Waals surface area contributed by atoms with Gasteiger partial charge in [0.2, 0.25) is 11.8 Å². The summed E-state index contributed by atoms with van der Waals surface area (Å²) in [7, 11) is 1.53. The van der Waals surface area contributed by atoms with Gasteiger partial charge < -0.3 is 26.2 Å². The lowest BCUT2D eigenvalue weighted by Crippen LogP contribution is -2.45. The Kier molecular flexibility index (Phi) is 8.50. The van der Waals surface area contributed by atoms with Crippen molar-refractivity contribution in [1.29, 1.82) is 0 Å². The van der Waals surface area contributed by atoms with Gasteiger partial charge in [0.1, 0.15) is 6.04 Å². The molecule has 2 amide bonds. The molecule has 18 heavy (non-hydrogen) atoms. The lowest BCUT2D eigenvalue weighted by Gasteiger charge is -2.13. The van der Waals surface area contributed by atoms with Crippen molar-refractivity contribution in [2.45, 2.75) is 18.9 Å². The highest BCUT2D eigenvalue weighted by Gasteiger charge is 2.19. The first-order chi connectivity index (χ1) is 8.47. The number of ether oxygens (including phenoxy) is 1. The summed E-state index contributed by atoms with van der Waals surface area (Å²) in [5.41, 5.74) is 4.91. The molecule has 0 spiro atoms. The van der Waals surface area contributed by atoms with E-state index in [1.807, 2.05) is 0 Å². The molecule has 0 saturated carbocycles. The van der Waals surface area contributed by atoms with E-state index >= 15 is 0 Å². The van der Waals surface area contributed by atoms with Gasteiger partial charge in [-0.3, -0.25) is 9.59 Å². The molecule has 0 saturated heterocycles. The van der Waals surface area contributed by atoms with Gasteiger partial charge >= 0.3 is 5.97 Å². The van der Waals surface area contributed by atoms with Gasteiger partial charge in [0.05, 0.1) is 13.2 Å². The van der Waals surface area contributed by atoms with Crippen LogP contribution in [0, 0.1) is 0 Å². The van der Waals surface area contributed by atoms with Crippen molar-refractivity contribution in [2.24, 2.45) is 5.73 Å². The number of nitrogens with one attached hydrogen (secondary N) is 2. The lowest BCUT2D eigenvalue weighted by atomic mass is 10.1. The number of primary amides is 1. The van der Waals surface area contributed by atoms with Crippen molar-refractivity contribution in [3.05, 3.63) is 0 Å². The topological polar surface area (TPSA) is 131 Å². The van der Waals surface area contributed by atoms with Crippen LogP contribution in [0.2, 0.25) is 0 Å². The standard InChI is InChI=1S/C10H19N3O5/c1-18-5-4-12-6-9(15)13-7(10(16)17)2-3-8(11)14/h7,12H,2-6H2,1H3,(H2,11,14)(H,13,15)(H,16,17)/t7-/m0/s1. The average molecular weight is 261 g/mol. The first-order valence-electron chi connectivity index (χ1n) is 5.47. The Balaban J connectivity index is 3.96. The van der Waals surface area contributed by atoms with Gasteiger partial charge in [-0.15, -0.1) is 0 Å². The quantitative estimate of drug-likeness (QED) is 0.338. The Morgan fingerprint density at radius 2 is 2.06 bits per heavy atom. The summed E-state index contributed by atoms with van der Waals surface area (Å²) in [6.07, 6.45) is -0.108. The van der Waals surface area contributed by atoms with E-state index in [1.165, 1.54) is 7.11 Å². The monoisotopic (exact) mass is 261 g/mol. The second-order valence-electron chi connectivity index (χ2n) is 3.63. The zero-order valence-corrected chi connectivity index (χ0v) is 10.3. The summed E-state index contributed by atoms with van der Waals surface area (Å²) in [5, 5.41) is 13.9. The molecule has 0 aliphatic carbocycles. The molecule has 8 nitrogen and oxygen atoms in total. The van der Waals surface area contributed by atoms with Gasteiger partial charge in [0, 0.05) is 20.1 Å². The summed E-state index contributed by atoms with van der Waals surface area (Å²) in [5.74, 6) is -2.25. The van der Waals surface area contributed by atoms with E-state index in [2.05, 4.69) is 10.6 Å². The zero-order chi connectivity index (χ0) is 14.0. The summed E-state index contributed by atoms with van der Waals surface area (Å²) in [6.45, 7) is 0.934. The van der Waals surface area contributed by atoms with Crippen molar-refractivity contribution in [1.82, 2.24) is 10.6 Å². The van der Waals surface area contributed by atoms with Crippen LogP contribution in [0.15, 0.2) is 0 Å². The van der Waals surface area contributed by atoms with Crippen LogP contribution in [-0.4, -0.2) is 55.7 Å². The molecule has 0 rings (SSSR count). The highest BCUT2D eigenvalue weighted by Crippen LogP contribution is 1.97. The maximum Gasteiger partial charge on any atom is 0.326 e. The molecule has 0 fully saturated rings. The molecule has 0 aromatic carbocycles. The predicted molar refractivity (Wildman–Crippen MR) is 62.7 cm³/mol. The lowest BCUT2D eigenvalue weighted by molar-refractivity contribution is -0.142. The number of aliphatic carboxylic acids is 1. The van der Waals surface area contributed by atoms with Crippen LogP contribution in [0.3, 0.4) is 0 Å². The molecule has 0 aromatic rings. The van der Waals surface area contributed by atoms with Gasteiger partial charge in [-0.1, -0.05) is 0 Å². The normalized spacial score (nSPS) is 11.8. The number of carbonyl (C=O) groups excluding carboxylic acids is 2. The predicted octanol–water partition coefficient (Wildman–Crippen LogP) is -1.94. The smallest absolute Gasteiger partial charge is 0.326 e. The number of nitrogens with two attached hydrogens (primary N) is 1. The van der Waals surface area contributed by atoms with Crippen LogP contribution >= 0.6 is 0 Å². The Morgan fingerprint density at radius 3 is 2.56 bits per heavy atom. The largest absolute Gasteiger partial charge is 0.480 e. The third-order valence-electron chi connectivity index (χ3n) is 2.08. The van der Waals surface area contributed by atoms with E-state index in [-0.39, 0.29) is 19.4 Å². The van der Waals surface area contributed by atoms with Crippen molar-refractivity contribution in [3.8, 4) is 0 Å². The first kappa shape index (κ1) is 16.3. The number of carbonyl (C=O) groups is 3. The number of carboxylic acid groups (broad SMARTS) is 1. The molecule has 0 aromatic heterocycles. The van der Waals surface area contributed by atoms with Gasteiger partial charge in [-0.05, 0) is 6.42 Å². The summed E-state index contributed by atoms with van der Waals surface area (Å²) >= 11 is 0. The summed E-state index contributed by atoms with van der Waals surface area (Å²) < 4.78 is 4.77. The first-order valence-corrected chi connectivity index (χ1v) is 5.47. The Labute approximate surface area is 105 Å². The molecule has 0 aliphatic rings. The van der Waals surface area contributed by atoms with Crippen LogP contribution in [0.4, 0.5) is 0 Å². The minimum Gasteiger partial charge on any atom is -0.480 e. The fourth-order valence-electron chi connectivity index (χ4n) is 1.17. The second-order valence-corrected chi connectivity index (χ2v) is 3.63. The fourth-order valence-corrected chi connectivity index (χ4v) is 1.17. The van der Waals surface area contributed by atoms with E-state index in [0.29, 0.717) is 13.2 Å².